The Hall–Kier alpha value is -7.52. The van der Waals surface area contributed by atoms with Gasteiger partial charge in [-0.25, -0.2) is 14.4 Å². The van der Waals surface area contributed by atoms with Gasteiger partial charge in [-0.1, -0.05) is 95.5 Å². The van der Waals surface area contributed by atoms with Crippen molar-refractivity contribution in [2.75, 3.05) is 85.9 Å². The highest BCUT2D eigenvalue weighted by molar-refractivity contribution is 14.1. The van der Waals surface area contributed by atoms with Gasteiger partial charge in [0.15, 0.2) is 36.2 Å². The molecule has 0 aromatic heterocycles. The van der Waals surface area contributed by atoms with Crippen LogP contribution in [0.3, 0.4) is 0 Å². The molecule has 2 saturated carbocycles. The summed E-state index contributed by atoms with van der Waals surface area (Å²) in [4.78, 5) is 146. The van der Waals surface area contributed by atoms with Crippen molar-refractivity contribution in [3.8, 4) is 40.9 Å². The Balaban J connectivity index is 0.871. The highest BCUT2D eigenvalue weighted by Crippen LogP contribution is 2.70. The molecule has 766 valence electrons. The van der Waals surface area contributed by atoms with Crippen molar-refractivity contribution >= 4 is 120 Å². The van der Waals surface area contributed by atoms with Crippen molar-refractivity contribution in [1.29, 1.82) is 0 Å². The molecule has 42 heteroatoms. The molecule has 5 aliphatic heterocycles. The number of aliphatic hydroxyl groups is 5. The summed E-state index contributed by atoms with van der Waals surface area (Å²) in [6.07, 6.45) is -14.4. The number of thioether (sulfide) groups is 1. The van der Waals surface area contributed by atoms with Gasteiger partial charge < -0.3 is 134 Å². The second-order valence-electron chi connectivity index (χ2n) is 37.3. The molecule has 13 N–H and O–H groups in total. The van der Waals surface area contributed by atoms with Crippen molar-refractivity contribution in [1.82, 2.24) is 25.9 Å². The predicted octanol–water partition coefficient (Wildman–Crippen LogP) is 7.77. The summed E-state index contributed by atoms with van der Waals surface area (Å²) in [5, 5.41) is 67.5. The van der Waals surface area contributed by atoms with Gasteiger partial charge in [-0.15, -0.1) is 0 Å². The van der Waals surface area contributed by atoms with Crippen molar-refractivity contribution in [2.24, 2.45) is 46.5 Å². The van der Waals surface area contributed by atoms with Crippen LogP contribution in [0.4, 0.5) is 20.1 Å². The van der Waals surface area contributed by atoms with Gasteiger partial charge in [-0.2, -0.15) is 5.48 Å². The number of ketones is 3. The third kappa shape index (κ3) is 27.5. The molecule has 6 amide bonds. The number of aliphatic hydroxyl groups excluding tert-OH is 4. The number of anilines is 1. The fourth-order valence-corrected chi connectivity index (χ4v) is 23.2. The van der Waals surface area contributed by atoms with Gasteiger partial charge in [-0.3, -0.25) is 33.6 Å². The number of hydroxylamine groups is 1. The van der Waals surface area contributed by atoms with Crippen LogP contribution >= 0.6 is 55.9 Å². The number of halogens is 1. The van der Waals surface area contributed by atoms with Crippen molar-refractivity contribution in [3.63, 3.8) is 0 Å². The van der Waals surface area contributed by atoms with Gasteiger partial charge in [0.05, 0.1) is 103 Å². The Morgan fingerprint density at radius 1 is 0.819 bits per heavy atom. The molecule has 0 radical (unpaired) electrons. The number of hydrogen-bond acceptors (Lipinski definition) is 35. The quantitative estimate of drug-likeness (QED) is 0.00441. The summed E-state index contributed by atoms with van der Waals surface area (Å²) >= 11 is 2.77. The van der Waals surface area contributed by atoms with Gasteiger partial charge in [0.1, 0.15) is 66.0 Å². The number of carbonyl (C=O) groups excluding carboxylic acids is 10. The Morgan fingerprint density at radius 3 is 2.14 bits per heavy atom. The van der Waals surface area contributed by atoms with Crippen LogP contribution in [0.1, 0.15) is 181 Å². The lowest BCUT2D eigenvalue weighted by molar-refractivity contribution is -0.343. The molecule has 1 spiro atoms. The van der Waals surface area contributed by atoms with Crippen LogP contribution in [0, 0.1) is 69.2 Å². The number of nitrogens with one attached hydrogen (secondary N) is 4. The van der Waals surface area contributed by atoms with E-state index < -0.39 is 215 Å². The second-order valence-corrected chi connectivity index (χ2v) is 42.3. The van der Waals surface area contributed by atoms with Gasteiger partial charge in [0.2, 0.25) is 29.0 Å². The molecular weight excluding hydrogens is 1970 g/mol. The number of allylic oxidation sites excluding steroid dienone is 2. The van der Waals surface area contributed by atoms with E-state index in [0.29, 0.717) is 89.0 Å². The van der Waals surface area contributed by atoms with Gasteiger partial charge in [0.25, 0.3) is 0 Å². The zero-order valence-corrected chi connectivity index (χ0v) is 85.9. The van der Waals surface area contributed by atoms with Crippen LogP contribution in [0.2, 0.25) is 0 Å². The predicted molar refractivity (Wildman–Crippen MR) is 517 cm³/mol. The van der Waals surface area contributed by atoms with E-state index in [2.05, 4.69) is 45.1 Å². The van der Waals surface area contributed by atoms with Crippen molar-refractivity contribution in [3.05, 3.63) is 67.8 Å². The first-order valence-corrected chi connectivity index (χ1v) is 51.1. The number of unbranched alkanes of at least 4 members (excludes halogenated alkanes) is 1. The van der Waals surface area contributed by atoms with E-state index in [0.717, 1.165) is 11.8 Å². The fourth-order valence-electron chi connectivity index (χ4n) is 18.9. The number of urea groups is 1. The minimum Gasteiger partial charge on any atom is -0.492 e. The lowest BCUT2D eigenvalue weighted by Gasteiger charge is -2.60. The van der Waals surface area contributed by atoms with Crippen molar-refractivity contribution < 1.29 is 145 Å². The number of ether oxygens (including phenoxy) is 14. The van der Waals surface area contributed by atoms with Crippen LogP contribution in [0.5, 0.6) is 17.2 Å². The van der Waals surface area contributed by atoms with Gasteiger partial charge in [-0.05, 0) is 178 Å². The molecule has 7 fully saturated rings. The van der Waals surface area contributed by atoms with E-state index in [-0.39, 0.29) is 111 Å². The monoisotopic (exact) mass is 2100 g/mol. The lowest BCUT2D eigenvalue weighted by Crippen LogP contribution is -2.69. The topological polar surface area (TPSA) is 517 Å². The van der Waals surface area contributed by atoms with E-state index in [1.54, 1.807) is 101 Å². The number of likely N-dealkylation sites (N-methyl/N-ethyl adjacent to an activating group) is 1. The Morgan fingerprint density at radius 2 is 1.51 bits per heavy atom. The molecule has 2 aromatic rings. The maximum atomic E-state index is 14.8. The Labute approximate surface area is 831 Å². The van der Waals surface area contributed by atoms with Gasteiger partial charge in [0, 0.05) is 118 Å². The molecular formula is C96H137IN8O30S3. The first-order chi connectivity index (χ1) is 65.5. The number of methoxy groups -OCH3 is 5. The SMILES string of the molecule is CCN(C(=O)OCc1ccc(NC(=O)[C@H](CCCNC(N)=O)CC(=O)[C@@H](NC(=O)[C@H](CCCCN)CC(C)=O)C(C)C)cc1)[C@H]1CO[C@@H](O[C@H]2[C@H](O[C@H]3C#C/C=C(/C)C#CC45C(CC(=O)OC)C(=O)C[C@]4(O)/C(=C/CSSC4CCN(C(=O)OC(C)(C)C)CC4)C35)O[C@H](C)[C@@H](NO[C@H]3C[C@H](O)[C@H](SC(=O)c4c(C)c(I)c(O[C@@H]5O[C@@H](C)[C@H](O)[C@@H](OC)[C@H]5O)c(OC)c4OC)[C@@H](C)O3)[C@@H]2O)C[C@@H]1OC. The number of hydrogen-bond donors (Lipinski definition) is 11. The molecule has 8 aliphatic rings. The minimum absolute atomic E-state index is 0.00680. The summed E-state index contributed by atoms with van der Waals surface area (Å²) in [6.45, 7) is 21.5. The molecule has 3 aliphatic carbocycles. The summed E-state index contributed by atoms with van der Waals surface area (Å²) in [5.41, 5.74) is 11.8. The van der Waals surface area contributed by atoms with E-state index >= 15 is 0 Å². The molecule has 25 atom stereocenters. The number of nitrogens with two attached hydrogens (primary N) is 2. The maximum absolute atomic E-state index is 14.8. The first-order valence-electron chi connectivity index (χ1n) is 46.8. The summed E-state index contributed by atoms with van der Waals surface area (Å²) < 4.78 is 86.5. The number of nitrogens with zero attached hydrogens (tertiary/aromatic N) is 2. The van der Waals surface area contributed by atoms with Crippen LogP contribution in [-0.4, -0.2) is 307 Å². The summed E-state index contributed by atoms with van der Waals surface area (Å²) in [6, 6.07) is 2.70. The number of carbonyl (C=O) groups is 10. The minimum atomic E-state index is -1.96. The average molecular weight is 2110 g/mol. The number of likely N-dealkylation sites (tertiary alicyclic amines) is 1. The number of Topliss-reactive ketones (excluding diaryl/α,β-unsaturated/α-hetero) is 3. The van der Waals surface area contributed by atoms with E-state index in [4.69, 9.17) is 82.6 Å². The standard InChI is InChI=1S/C96H137IN8O30S3/c1-18-105(93(119)127-47-56-27-29-59(30-28-56)101-86(114)58(25-22-37-100-91(99)117)42-64(107)75(49(2)3)102-87(115)57(41-51(5)106)24-19-20-36-98)63-48-126-70(45-68(63)121-13)132-83-78(112)76(103-135-71-44-65(108)85(55(9)128-71)137-88(116)72-52(6)74(97)81(84(125-17)80(72)123-15)133-89-79(113)82(124-16)77(111)54(8)130-89)53(7)129-90(83)131-67-26-21-23-50(4)31-35-95-62(43-69(110)122-14)66(109)46-96(95,120)61(73(67)95)34-40-136-138-60-32-38-104(39-33-60)92(118)134-94(10,11)12/h23,27-30,34,49,53-55,57-58,60,62-63,65,67-68,70-71,73,75-79,82-83,85,89-90,103,108,111-113,120H,18-20,22,24-25,32-33,36-48,98H2,1-17H3,(H,101,114)(H,102,115)(H3,99,100,117)/b50-23-,61-34+/t53-,54+,55-,57-,58-,62?,63+,65+,67+,68+,70+,71+,73?,75+,76-,77+,78+,79-,82-,83-,85-,89+,90+,95?,96+/m1/s1. The highest BCUT2D eigenvalue weighted by atomic mass is 127. The molecule has 3 unspecified atom stereocenters. The molecule has 0 bridgehead atoms. The highest BCUT2D eigenvalue weighted by Gasteiger charge is 2.79. The number of amides is 6. The molecule has 38 nitrogen and oxygen atoms in total. The van der Waals surface area contributed by atoms with E-state index in [1.165, 1.54) is 58.2 Å². The van der Waals surface area contributed by atoms with Gasteiger partial charge >= 0.3 is 24.2 Å². The third-order valence-corrected chi connectivity index (χ3v) is 31.7. The first kappa shape index (κ1) is 112. The zero-order valence-electron chi connectivity index (χ0n) is 81.3. The van der Waals surface area contributed by atoms with E-state index in [9.17, 15) is 73.5 Å². The molecule has 2 aromatic carbocycles. The zero-order chi connectivity index (χ0) is 101. The van der Waals surface area contributed by atoms with Crippen LogP contribution in [0.15, 0.2) is 47.6 Å². The van der Waals surface area contributed by atoms with Crippen LogP contribution in [0.25, 0.3) is 0 Å². The number of primary amides is 1. The molecule has 5 saturated heterocycles. The summed E-state index contributed by atoms with van der Waals surface area (Å²) in [5.74, 6) is 6.14. The van der Waals surface area contributed by atoms with Crippen LogP contribution < -0.4 is 47.1 Å². The molecule has 138 heavy (non-hydrogen) atoms. The summed E-state index contributed by atoms with van der Waals surface area (Å²) in [7, 11) is 9.81. The third-order valence-electron chi connectivity index (χ3n) is 26.2. The largest absolute Gasteiger partial charge is 0.492 e. The second kappa shape index (κ2) is 51.1. The molecule has 10 rings (SSSR count). The van der Waals surface area contributed by atoms with E-state index in [1.807, 2.05) is 49.4 Å². The Kier molecular flexibility index (Phi) is 41.7. The fraction of sp³-hybridized carbons (Fsp3) is 0.688. The number of rotatable bonds is 43. The average Bonchev–Trinajstić information content (AvgIpc) is 1.46. The smallest absolute Gasteiger partial charge is 0.410 e. The lowest BCUT2D eigenvalue weighted by atomic mass is 9.44. The van der Waals surface area contributed by atoms with Crippen LogP contribution in [-0.2, 0) is 92.3 Å². The molecule has 5 heterocycles. The number of piperidine rings is 1. The van der Waals surface area contributed by atoms with Crippen molar-refractivity contribution in [2.45, 2.75) is 305 Å². The number of benzene rings is 2. The normalized spacial score (nSPS) is 30.5. The Bertz CT molecular complexity index is 4780. The number of esters is 1. The maximum Gasteiger partial charge on any atom is 0.410 e.